The Morgan fingerprint density at radius 2 is 2.03 bits per heavy atom. The first kappa shape index (κ1) is 22.7. The van der Waals surface area contributed by atoms with Gasteiger partial charge in [-0.1, -0.05) is 26.0 Å². The smallest absolute Gasteiger partial charge is 0.268 e. The Morgan fingerprint density at radius 1 is 1.26 bits per heavy atom. The van der Waals surface area contributed by atoms with Gasteiger partial charge in [-0.05, 0) is 42.2 Å². The minimum absolute atomic E-state index is 0.0299. The van der Waals surface area contributed by atoms with Crippen LogP contribution in [0.2, 0.25) is 0 Å². The molecule has 1 aromatic heterocycles. The molecule has 1 aromatic carbocycles. The van der Waals surface area contributed by atoms with E-state index in [1.165, 1.54) is 4.57 Å². The van der Waals surface area contributed by atoms with Gasteiger partial charge in [0.05, 0.1) is 6.61 Å². The zero-order chi connectivity index (χ0) is 22.5. The standard InChI is InChI=1S/C24H31N3O4/c1-16(2)19-6-5-7-20(13-19)27-9-8-17(3)22(24(27)30)23(29)25-14-18-12-21(28)26(15-18)10-11-31-4/h5-9,13,16,18H,10-12,14-15H2,1-4H3,(H,25,29). The number of pyridine rings is 1. The molecule has 166 valence electrons. The molecule has 7 nitrogen and oxygen atoms in total. The number of carbonyl (C=O) groups is 2. The Labute approximate surface area is 183 Å². The van der Waals surface area contributed by atoms with Crippen molar-refractivity contribution in [1.82, 2.24) is 14.8 Å². The number of benzene rings is 1. The largest absolute Gasteiger partial charge is 0.383 e. The van der Waals surface area contributed by atoms with Crippen molar-refractivity contribution in [3.05, 3.63) is 63.6 Å². The van der Waals surface area contributed by atoms with Crippen LogP contribution in [0.4, 0.5) is 0 Å². The maximum absolute atomic E-state index is 13.2. The van der Waals surface area contributed by atoms with Crippen LogP contribution < -0.4 is 10.9 Å². The molecule has 3 rings (SSSR count). The van der Waals surface area contributed by atoms with Crippen molar-refractivity contribution in [1.29, 1.82) is 0 Å². The van der Waals surface area contributed by atoms with Gasteiger partial charge in [0.15, 0.2) is 0 Å². The average Bonchev–Trinajstić information content (AvgIpc) is 3.10. The summed E-state index contributed by atoms with van der Waals surface area (Å²) in [5.74, 6) is 0.0305. The predicted molar refractivity (Wildman–Crippen MR) is 120 cm³/mol. The molecule has 1 aliphatic heterocycles. The van der Waals surface area contributed by atoms with Crippen molar-refractivity contribution >= 4 is 11.8 Å². The highest BCUT2D eigenvalue weighted by Crippen LogP contribution is 2.19. The van der Waals surface area contributed by atoms with Crippen molar-refractivity contribution in [2.24, 2.45) is 5.92 Å². The third-order valence-corrected chi connectivity index (χ3v) is 5.75. The number of aryl methyl sites for hydroxylation is 1. The summed E-state index contributed by atoms with van der Waals surface area (Å²) >= 11 is 0. The number of amides is 2. The third-order valence-electron chi connectivity index (χ3n) is 5.75. The number of nitrogens with one attached hydrogen (secondary N) is 1. The van der Waals surface area contributed by atoms with E-state index in [0.717, 1.165) is 11.3 Å². The molecule has 0 spiro atoms. The Balaban J connectivity index is 1.75. The van der Waals surface area contributed by atoms with Gasteiger partial charge in [0, 0.05) is 51.0 Å². The molecule has 1 N–H and O–H groups in total. The molecule has 1 unspecified atom stereocenters. The Bertz CT molecular complexity index is 1010. The van der Waals surface area contributed by atoms with Crippen LogP contribution in [0.1, 0.15) is 47.7 Å². The molecule has 0 saturated carbocycles. The Hall–Kier alpha value is -2.93. The van der Waals surface area contributed by atoms with E-state index < -0.39 is 5.91 Å². The van der Waals surface area contributed by atoms with Crippen molar-refractivity contribution < 1.29 is 14.3 Å². The Kier molecular flexibility index (Phi) is 7.28. The lowest BCUT2D eigenvalue weighted by atomic mass is 10.0. The molecule has 1 saturated heterocycles. The Morgan fingerprint density at radius 3 is 2.74 bits per heavy atom. The zero-order valence-corrected chi connectivity index (χ0v) is 18.7. The minimum Gasteiger partial charge on any atom is -0.383 e. The fraction of sp³-hybridized carbons (Fsp3) is 0.458. The summed E-state index contributed by atoms with van der Waals surface area (Å²) in [5, 5.41) is 2.87. The molecule has 0 radical (unpaired) electrons. The molecular weight excluding hydrogens is 394 g/mol. The topological polar surface area (TPSA) is 80.6 Å². The van der Waals surface area contributed by atoms with Gasteiger partial charge in [0.1, 0.15) is 5.56 Å². The molecule has 31 heavy (non-hydrogen) atoms. The van der Waals surface area contributed by atoms with Crippen LogP contribution in [-0.2, 0) is 9.53 Å². The van der Waals surface area contributed by atoms with E-state index in [1.54, 1.807) is 31.2 Å². The fourth-order valence-electron chi connectivity index (χ4n) is 3.87. The molecule has 0 aliphatic carbocycles. The van der Waals surface area contributed by atoms with E-state index in [2.05, 4.69) is 19.2 Å². The van der Waals surface area contributed by atoms with Crippen LogP contribution in [-0.4, -0.2) is 54.6 Å². The summed E-state index contributed by atoms with van der Waals surface area (Å²) in [6.45, 7) is 7.94. The normalized spacial score (nSPS) is 16.2. The number of methoxy groups -OCH3 is 1. The van der Waals surface area contributed by atoms with Gasteiger partial charge in [0.25, 0.3) is 11.5 Å². The van der Waals surface area contributed by atoms with Gasteiger partial charge in [-0.15, -0.1) is 0 Å². The van der Waals surface area contributed by atoms with Gasteiger partial charge < -0.3 is 15.0 Å². The van der Waals surface area contributed by atoms with Crippen LogP contribution in [0.5, 0.6) is 0 Å². The van der Waals surface area contributed by atoms with Crippen LogP contribution in [0.15, 0.2) is 41.3 Å². The first-order valence-corrected chi connectivity index (χ1v) is 10.7. The second-order valence-corrected chi connectivity index (χ2v) is 8.41. The molecule has 1 aliphatic rings. The number of aromatic nitrogens is 1. The lowest BCUT2D eigenvalue weighted by molar-refractivity contribution is -0.128. The average molecular weight is 426 g/mol. The lowest BCUT2D eigenvalue weighted by Crippen LogP contribution is -2.36. The molecule has 2 heterocycles. The van der Waals surface area contributed by atoms with E-state index in [-0.39, 0.29) is 22.9 Å². The van der Waals surface area contributed by atoms with Crippen molar-refractivity contribution in [3.8, 4) is 5.69 Å². The second kappa shape index (κ2) is 9.92. The van der Waals surface area contributed by atoms with E-state index in [4.69, 9.17) is 4.74 Å². The summed E-state index contributed by atoms with van der Waals surface area (Å²) in [6, 6.07) is 9.57. The molecule has 2 aromatic rings. The SMILES string of the molecule is COCCN1CC(CNC(=O)c2c(C)ccn(-c3cccc(C(C)C)c3)c2=O)CC1=O. The summed E-state index contributed by atoms with van der Waals surface area (Å²) in [7, 11) is 1.60. The third kappa shape index (κ3) is 5.22. The summed E-state index contributed by atoms with van der Waals surface area (Å²) in [4.78, 5) is 39.9. The van der Waals surface area contributed by atoms with E-state index in [0.29, 0.717) is 44.1 Å². The highest BCUT2D eigenvalue weighted by molar-refractivity contribution is 5.95. The number of ether oxygens (including phenoxy) is 1. The second-order valence-electron chi connectivity index (χ2n) is 8.41. The fourth-order valence-corrected chi connectivity index (χ4v) is 3.87. The van der Waals surface area contributed by atoms with Gasteiger partial charge in [-0.3, -0.25) is 19.0 Å². The first-order valence-electron chi connectivity index (χ1n) is 10.7. The molecule has 1 fully saturated rings. The summed E-state index contributed by atoms with van der Waals surface area (Å²) in [6.07, 6.45) is 2.10. The van der Waals surface area contributed by atoms with Crippen molar-refractivity contribution in [2.45, 2.75) is 33.1 Å². The van der Waals surface area contributed by atoms with E-state index in [1.807, 2.05) is 24.3 Å². The number of hydrogen-bond donors (Lipinski definition) is 1. The number of carbonyl (C=O) groups excluding carboxylic acids is 2. The molecular formula is C24H31N3O4. The van der Waals surface area contributed by atoms with Crippen LogP contribution in [0.3, 0.4) is 0 Å². The van der Waals surface area contributed by atoms with E-state index >= 15 is 0 Å². The molecule has 2 amide bonds. The van der Waals surface area contributed by atoms with Crippen molar-refractivity contribution in [2.75, 3.05) is 33.4 Å². The van der Waals surface area contributed by atoms with Gasteiger partial charge in [-0.25, -0.2) is 0 Å². The lowest BCUT2D eigenvalue weighted by Gasteiger charge is -2.16. The highest BCUT2D eigenvalue weighted by Gasteiger charge is 2.29. The maximum atomic E-state index is 13.2. The first-order chi connectivity index (χ1) is 14.8. The minimum atomic E-state index is -0.403. The van der Waals surface area contributed by atoms with Gasteiger partial charge in [-0.2, -0.15) is 0 Å². The predicted octanol–water partition coefficient (Wildman–Crippen LogP) is 2.49. The number of hydrogen-bond acceptors (Lipinski definition) is 4. The molecule has 7 heteroatoms. The highest BCUT2D eigenvalue weighted by atomic mass is 16.5. The van der Waals surface area contributed by atoms with Gasteiger partial charge in [0.2, 0.25) is 5.91 Å². The zero-order valence-electron chi connectivity index (χ0n) is 18.7. The number of rotatable bonds is 8. The van der Waals surface area contributed by atoms with Crippen LogP contribution in [0.25, 0.3) is 5.69 Å². The number of likely N-dealkylation sites (tertiary alicyclic amines) is 1. The monoisotopic (exact) mass is 425 g/mol. The number of nitrogens with zero attached hydrogens (tertiary/aromatic N) is 2. The van der Waals surface area contributed by atoms with Crippen LogP contribution in [0, 0.1) is 12.8 Å². The van der Waals surface area contributed by atoms with Crippen LogP contribution >= 0.6 is 0 Å². The van der Waals surface area contributed by atoms with Gasteiger partial charge >= 0.3 is 0 Å². The summed E-state index contributed by atoms with van der Waals surface area (Å²) in [5.41, 5.74) is 2.28. The van der Waals surface area contributed by atoms with E-state index in [9.17, 15) is 14.4 Å². The maximum Gasteiger partial charge on any atom is 0.268 e. The van der Waals surface area contributed by atoms with Crippen molar-refractivity contribution in [3.63, 3.8) is 0 Å². The molecule has 0 bridgehead atoms. The summed E-state index contributed by atoms with van der Waals surface area (Å²) < 4.78 is 6.55. The quantitative estimate of drug-likeness (QED) is 0.705. The molecule has 1 atom stereocenters.